The number of carbonyl (C=O) groups is 1. The monoisotopic (exact) mass is 324 g/mol. The Morgan fingerprint density at radius 1 is 1.04 bits per heavy atom. The molecule has 2 aromatic rings. The molecular weight excluding hydrogens is 300 g/mol. The lowest BCUT2D eigenvalue weighted by Crippen LogP contribution is -2.31. The molecule has 24 heavy (non-hydrogen) atoms. The van der Waals surface area contributed by atoms with Crippen LogP contribution in [0.25, 0.3) is 11.3 Å². The fourth-order valence-electron chi connectivity index (χ4n) is 3.08. The van der Waals surface area contributed by atoms with Crippen molar-refractivity contribution in [3.05, 3.63) is 53.7 Å². The number of aromatic nitrogens is 1. The first-order chi connectivity index (χ1) is 11.6. The van der Waals surface area contributed by atoms with Gasteiger partial charge in [0.2, 0.25) is 0 Å². The number of hydrogen-bond acceptors (Lipinski definition) is 3. The average Bonchev–Trinajstić information content (AvgIpc) is 2.91. The summed E-state index contributed by atoms with van der Waals surface area (Å²) in [6.07, 6.45) is 4.04. The predicted molar refractivity (Wildman–Crippen MR) is 94.7 cm³/mol. The van der Waals surface area contributed by atoms with Crippen molar-refractivity contribution >= 4 is 5.91 Å². The van der Waals surface area contributed by atoms with Crippen LogP contribution in [0.3, 0.4) is 0 Å². The SMILES string of the molecule is C[C@@H](O)c1cccc(-c2ccc(C(=O)N3CCCCCC3)cc2)n1. The third kappa shape index (κ3) is 3.82. The van der Waals surface area contributed by atoms with Crippen LogP contribution in [0.1, 0.15) is 54.8 Å². The van der Waals surface area contributed by atoms with Gasteiger partial charge in [-0.2, -0.15) is 0 Å². The normalized spacial score (nSPS) is 16.5. The minimum Gasteiger partial charge on any atom is -0.387 e. The maximum absolute atomic E-state index is 12.6. The molecule has 0 radical (unpaired) electrons. The van der Waals surface area contributed by atoms with Gasteiger partial charge in [-0.05, 0) is 44.0 Å². The number of pyridine rings is 1. The summed E-state index contributed by atoms with van der Waals surface area (Å²) < 4.78 is 0. The lowest BCUT2D eigenvalue weighted by Gasteiger charge is -2.20. The van der Waals surface area contributed by atoms with Gasteiger partial charge in [0.05, 0.1) is 17.5 Å². The second-order valence-electron chi connectivity index (χ2n) is 6.41. The molecule has 1 N–H and O–H groups in total. The molecule has 0 bridgehead atoms. The lowest BCUT2D eigenvalue weighted by molar-refractivity contribution is 0.0761. The van der Waals surface area contributed by atoms with Crippen LogP contribution in [-0.2, 0) is 0 Å². The van der Waals surface area contributed by atoms with Crippen LogP contribution < -0.4 is 0 Å². The molecule has 1 saturated heterocycles. The van der Waals surface area contributed by atoms with E-state index in [0.717, 1.165) is 42.8 Å². The Balaban J connectivity index is 1.77. The summed E-state index contributed by atoms with van der Waals surface area (Å²) in [7, 11) is 0. The number of hydrogen-bond donors (Lipinski definition) is 1. The standard InChI is InChI=1S/C20H24N2O2/c1-15(23)18-7-6-8-19(21-18)16-9-11-17(12-10-16)20(24)22-13-4-2-3-5-14-22/h6-12,15,23H,2-5,13-14H2,1H3/t15-/m1/s1. The molecule has 1 aromatic carbocycles. The molecule has 0 aliphatic carbocycles. The maximum Gasteiger partial charge on any atom is 0.253 e. The van der Waals surface area contributed by atoms with E-state index in [9.17, 15) is 9.90 Å². The minimum atomic E-state index is -0.589. The summed E-state index contributed by atoms with van der Waals surface area (Å²) in [5, 5.41) is 9.67. The highest BCUT2D eigenvalue weighted by atomic mass is 16.3. The van der Waals surface area contributed by atoms with Gasteiger partial charge in [-0.15, -0.1) is 0 Å². The number of amides is 1. The van der Waals surface area contributed by atoms with Gasteiger partial charge in [-0.1, -0.05) is 31.0 Å². The van der Waals surface area contributed by atoms with Crippen LogP contribution in [0, 0.1) is 0 Å². The molecule has 1 aliphatic rings. The van der Waals surface area contributed by atoms with Gasteiger partial charge in [0.1, 0.15) is 0 Å². The molecule has 1 atom stereocenters. The molecule has 2 heterocycles. The zero-order chi connectivity index (χ0) is 16.9. The molecule has 126 valence electrons. The van der Waals surface area contributed by atoms with Crippen LogP contribution in [0.5, 0.6) is 0 Å². The highest BCUT2D eigenvalue weighted by Crippen LogP contribution is 2.21. The van der Waals surface area contributed by atoms with Gasteiger partial charge in [0.15, 0.2) is 0 Å². The Hall–Kier alpha value is -2.20. The van der Waals surface area contributed by atoms with Crippen molar-refractivity contribution in [2.24, 2.45) is 0 Å². The third-order valence-electron chi connectivity index (χ3n) is 4.52. The van der Waals surface area contributed by atoms with Crippen LogP contribution >= 0.6 is 0 Å². The second kappa shape index (κ2) is 7.58. The lowest BCUT2D eigenvalue weighted by atomic mass is 10.1. The number of aliphatic hydroxyl groups excluding tert-OH is 1. The fraction of sp³-hybridized carbons (Fsp3) is 0.400. The Bertz CT molecular complexity index is 687. The average molecular weight is 324 g/mol. The van der Waals surface area contributed by atoms with E-state index in [2.05, 4.69) is 4.98 Å². The number of benzene rings is 1. The first kappa shape index (κ1) is 16.7. The van der Waals surface area contributed by atoms with E-state index >= 15 is 0 Å². The first-order valence-electron chi connectivity index (χ1n) is 8.70. The fourth-order valence-corrected chi connectivity index (χ4v) is 3.08. The highest BCUT2D eigenvalue weighted by Gasteiger charge is 2.17. The van der Waals surface area contributed by atoms with E-state index in [0.29, 0.717) is 5.69 Å². The van der Waals surface area contributed by atoms with E-state index in [1.54, 1.807) is 6.92 Å². The number of aliphatic hydroxyl groups is 1. The van der Waals surface area contributed by atoms with Gasteiger partial charge in [0.25, 0.3) is 5.91 Å². The van der Waals surface area contributed by atoms with Crippen molar-refractivity contribution in [3.63, 3.8) is 0 Å². The molecule has 3 rings (SSSR count). The predicted octanol–water partition coefficient (Wildman–Crippen LogP) is 3.82. The van der Waals surface area contributed by atoms with Crippen molar-refractivity contribution in [2.75, 3.05) is 13.1 Å². The topological polar surface area (TPSA) is 53.4 Å². The molecule has 4 nitrogen and oxygen atoms in total. The minimum absolute atomic E-state index is 0.120. The highest BCUT2D eigenvalue weighted by molar-refractivity contribution is 5.94. The van der Waals surface area contributed by atoms with E-state index in [1.165, 1.54) is 12.8 Å². The molecule has 0 spiro atoms. The maximum atomic E-state index is 12.6. The first-order valence-corrected chi connectivity index (χ1v) is 8.70. The molecule has 4 heteroatoms. The summed E-state index contributed by atoms with van der Waals surface area (Å²) in [5.41, 5.74) is 3.14. The molecule has 1 aromatic heterocycles. The van der Waals surface area contributed by atoms with E-state index in [1.807, 2.05) is 47.4 Å². The summed E-state index contributed by atoms with van der Waals surface area (Å²) in [5.74, 6) is 0.120. The Morgan fingerprint density at radius 3 is 2.33 bits per heavy atom. The van der Waals surface area contributed by atoms with Crippen molar-refractivity contribution in [1.82, 2.24) is 9.88 Å². The summed E-state index contributed by atoms with van der Waals surface area (Å²) in [4.78, 5) is 19.1. The Kier molecular flexibility index (Phi) is 5.26. The molecule has 1 amide bonds. The smallest absolute Gasteiger partial charge is 0.253 e. The largest absolute Gasteiger partial charge is 0.387 e. The van der Waals surface area contributed by atoms with Gasteiger partial charge >= 0.3 is 0 Å². The zero-order valence-corrected chi connectivity index (χ0v) is 14.1. The summed E-state index contributed by atoms with van der Waals surface area (Å²) >= 11 is 0. The quantitative estimate of drug-likeness (QED) is 0.934. The molecular formula is C20H24N2O2. The number of carbonyl (C=O) groups excluding carboxylic acids is 1. The summed E-state index contributed by atoms with van der Waals surface area (Å²) in [6.45, 7) is 3.42. The van der Waals surface area contributed by atoms with E-state index < -0.39 is 6.10 Å². The Morgan fingerprint density at radius 2 is 1.71 bits per heavy atom. The molecule has 0 unspecified atom stereocenters. The second-order valence-corrected chi connectivity index (χ2v) is 6.41. The molecule has 0 saturated carbocycles. The van der Waals surface area contributed by atoms with Gasteiger partial charge in [-0.25, -0.2) is 0 Å². The van der Waals surface area contributed by atoms with Gasteiger partial charge in [-0.3, -0.25) is 9.78 Å². The van der Waals surface area contributed by atoms with Gasteiger partial charge in [0, 0.05) is 24.2 Å². The third-order valence-corrected chi connectivity index (χ3v) is 4.52. The molecule has 1 fully saturated rings. The summed E-state index contributed by atoms with van der Waals surface area (Å²) in [6, 6.07) is 13.2. The van der Waals surface area contributed by atoms with Crippen molar-refractivity contribution in [2.45, 2.75) is 38.7 Å². The molecule has 1 aliphatic heterocycles. The number of likely N-dealkylation sites (tertiary alicyclic amines) is 1. The van der Waals surface area contributed by atoms with Crippen LogP contribution in [-0.4, -0.2) is 34.0 Å². The van der Waals surface area contributed by atoms with Gasteiger partial charge < -0.3 is 10.0 Å². The van der Waals surface area contributed by atoms with Crippen LogP contribution in [0.4, 0.5) is 0 Å². The zero-order valence-electron chi connectivity index (χ0n) is 14.1. The van der Waals surface area contributed by atoms with Crippen molar-refractivity contribution in [3.8, 4) is 11.3 Å². The van der Waals surface area contributed by atoms with Crippen LogP contribution in [0.2, 0.25) is 0 Å². The van der Waals surface area contributed by atoms with Crippen molar-refractivity contribution in [1.29, 1.82) is 0 Å². The van der Waals surface area contributed by atoms with E-state index in [-0.39, 0.29) is 5.91 Å². The van der Waals surface area contributed by atoms with Crippen molar-refractivity contribution < 1.29 is 9.90 Å². The van der Waals surface area contributed by atoms with E-state index in [4.69, 9.17) is 0 Å². The number of nitrogens with zero attached hydrogens (tertiary/aromatic N) is 2. The number of rotatable bonds is 3. The van der Waals surface area contributed by atoms with Crippen LogP contribution in [0.15, 0.2) is 42.5 Å². The Labute approximate surface area is 143 Å².